The minimum absolute atomic E-state index is 0.575. The van der Waals surface area contributed by atoms with E-state index in [-0.39, 0.29) is 0 Å². The fourth-order valence-corrected chi connectivity index (χ4v) is 3.13. The Morgan fingerprint density at radius 2 is 1.57 bits per heavy atom. The molecule has 0 aliphatic heterocycles. The first kappa shape index (κ1) is 19.9. The molecule has 0 heterocycles. The van der Waals surface area contributed by atoms with Gasteiger partial charge in [-0.15, -0.1) is 0 Å². The third-order valence-corrected chi connectivity index (χ3v) is 4.88. The van der Waals surface area contributed by atoms with E-state index in [0.29, 0.717) is 6.61 Å². The van der Waals surface area contributed by atoms with Gasteiger partial charge in [0.25, 0.3) is 0 Å². The van der Waals surface area contributed by atoms with Gasteiger partial charge >= 0.3 is 0 Å². The van der Waals surface area contributed by atoms with E-state index in [9.17, 15) is 0 Å². The zero-order valence-corrected chi connectivity index (χ0v) is 17.2. The van der Waals surface area contributed by atoms with E-state index in [0.717, 1.165) is 35.2 Å². The van der Waals surface area contributed by atoms with Gasteiger partial charge in [-0.3, -0.25) is 0 Å². The fourth-order valence-electron chi connectivity index (χ4n) is 2.82. The van der Waals surface area contributed by atoms with Gasteiger partial charge in [0.1, 0.15) is 12.4 Å². The molecule has 0 bridgehead atoms. The summed E-state index contributed by atoms with van der Waals surface area (Å²) in [5, 5.41) is 4.06. The van der Waals surface area contributed by atoms with Crippen molar-refractivity contribution in [3.8, 4) is 5.75 Å². The SMILES string of the molecule is CCN(Cc1ccc(OCc2ccccc2)cc1)C(=S)Nc1ccc(C)cc1. The minimum atomic E-state index is 0.575. The number of ether oxygens (including phenoxy) is 1. The first-order valence-electron chi connectivity index (χ1n) is 9.52. The molecular formula is C24H26N2OS. The quantitative estimate of drug-likeness (QED) is 0.516. The van der Waals surface area contributed by atoms with Gasteiger partial charge in [0.05, 0.1) is 0 Å². The maximum absolute atomic E-state index is 5.86. The third kappa shape index (κ3) is 5.83. The summed E-state index contributed by atoms with van der Waals surface area (Å²) < 4.78 is 5.86. The minimum Gasteiger partial charge on any atom is -0.489 e. The fraction of sp³-hybridized carbons (Fsp3) is 0.208. The van der Waals surface area contributed by atoms with Crippen LogP contribution in [0, 0.1) is 6.92 Å². The van der Waals surface area contributed by atoms with E-state index >= 15 is 0 Å². The van der Waals surface area contributed by atoms with Crippen LogP contribution in [0.2, 0.25) is 0 Å². The van der Waals surface area contributed by atoms with Crippen LogP contribution in [0.3, 0.4) is 0 Å². The van der Waals surface area contributed by atoms with Crippen molar-refractivity contribution in [2.45, 2.75) is 27.0 Å². The Balaban J connectivity index is 1.55. The molecule has 0 aromatic heterocycles. The molecule has 0 amide bonds. The number of benzene rings is 3. The average Bonchev–Trinajstić information content (AvgIpc) is 2.73. The summed E-state index contributed by atoms with van der Waals surface area (Å²) in [6, 6.07) is 26.7. The monoisotopic (exact) mass is 390 g/mol. The number of rotatable bonds is 7. The zero-order valence-electron chi connectivity index (χ0n) is 16.4. The van der Waals surface area contributed by atoms with Crippen LogP contribution < -0.4 is 10.1 Å². The van der Waals surface area contributed by atoms with E-state index in [1.54, 1.807) is 0 Å². The Kier molecular flexibility index (Phi) is 7.04. The van der Waals surface area contributed by atoms with E-state index in [1.165, 1.54) is 11.1 Å². The van der Waals surface area contributed by atoms with Crippen LogP contribution in [-0.2, 0) is 13.2 Å². The molecule has 0 aliphatic rings. The van der Waals surface area contributed by atoms with Crippen molar-refractivity contribution >= 4 is 23.0 Å². The molecule has 28 heavy (non-hydrogen) atoms. The number of nitrogens with one attached hydrogen (secondary N) is 1. The summed E-state index contributed by atoms with van der Waals surface area (Å²) in [4.78, 5) is 2.15. The van der Waals surface area contributed by atoms with E-state index in [1.807, 2.05) is 42.5 Å². The second-order valence-electron chi connectivity index (χ2n) is 6.73. The van der Waals surface area contributed by atoms with Crippen molar-refractivity contribution in [2.24, 2.45) is 0 Å². The Labute approximate surface area is 173 Å². The van der Waals surface area contributed by atoms with E-state index in [4.69, 9.17) is 17.0 Å². The molecule has 4 heteroatoms. The molecule has 3 aromatic rings. The van der Waals surface area contributed by atoms with Crippen LogP contribution in [0.4, 0.5) is 5.69 Å². The van der Waals surface area contributed by atoms with E-state index in [2.05, 4.69) is 60.5 Å². The molecule has 0 unspecified atom stereocenters. The maximum atomic E-state index is 5.86. The molecule has 3 aromatic carbocycles. The molecule has 0 aliphatic carbocycles. The van der Waals surface area contributed by atoms with Crippen LogP contribution in [0.25, 0.3) is 0 Å². The van der Waals surface area contributed by atoms with Gasteiger partial charge < -0.3 is 15.0 Å². The summed E-state index contributed by atoms with van der Waals surface area (Å²) in [6.45, 7) is 6.36. The second-order valence-corrected chi connectivity index (χ2v) is 7.12. The topological polar surface area (TPSA) is 24.5 Å². The Morgan fingerprint density at radius 3 is 2.21 bits per heavy atom. The number of aryl methyl sites for hydroxylation is 1. The standard InChI is InChI=1S/C24H26N2OS/c1-3-26(24(28)25-22-13-9-19(2)10-14-22)17-20-11-15-23(16-12-20)27-18-21-7-5-4-6-8-21/h4-16H,3,17-18H2,1-2H3,(H,25,28). The van der Waals surface area contributed by atoms with Gasteiger partial charge in [-0.05, 0) is 61.5 Å². The van der Waals surface area contributed by atoms with Crippen molar-refractivity contribution < 1.29 is 4.74 Å². The van der Waals surface area contributed by atoms with Crippen molar-refractivity contribution in [1.29, 1.82) is 0 Å². The molecule has 0 saturated heterocycles. The Hall–Kier alpha value is -2.85. The van der Waals surface area contributed by atoms with Gasteiger partial charge in [0, 0.05) is 18.8 Å². The molecular weight excluding hydrogens is 364 g/mol. The number of anilines is 1. The number of thiocarbonyl (C=S) groups is 1. The summed E-state index contributed by atoms with van der Waals surface area (Å²) in [7, 11) is 0. The van der Waals surface area contributed by atoms with Crippen LogP contribution in [-0.4, -0.2) is 16.6 Å². The molecule has 0 fully saturated rings. The highest BCUT2D eigenvalue weighted by atomic mass is 32.1. The first-order chi connectivity index (χ1) is 13.6. The molecule has 144 valence electrons. The predicted molar refractivity (Wildman–Crippen MR) is 121 cm³/mol. The number of nitrogens with zero attached hydrogens (tertiary/aromatic N) is 1. The highest BCUT2D eigenvalue weighted by Gasteiger charge is 2.09. The van der Waals surface area contributed by atoms with E-state index < -0.39 is 0 Å². The number of hydrogen-bond acceptors (Lipinski definition) is 2. The summed E-state index contributed by atoms with van der Waals surface area (Å²) in [5.41, 5.74) is 4.61. The highest BCUT2D eigenvalue weighted by molar-refractivity contribution is 7.80. The van der Waals surface area contributed by atoms with Crippen LogP contribution >= 0.6 is 12.2 Å². The molecule has 1 N–H and O–H groups in total. The lowest BCUT2D eigenvalue weighted by Gasteiger charge is -2.24. The molecule has 3 nitrogen and oxygen atoms in total. The smallest absolute Gasteiger partial charge is 0.173 e. The maximum Gasteiger partial charge on any atom is 0.173 e. The largest absolute Gasteiger partial charge is 0.489 e. The van der Waals surface area contributed by atoms with Crippen molar-refractivity contribution in [3.63, 3.8) is 0 Å². The van der Waals surface area contributed by atoms with Crippen LogP contribution in [0.15, 0.2) is 78.9 Å². The van der Waals surface area contributed by atoms with Gasteiger partial charge in [-0.25, -0.2) is 0 Å². The Bertz CT molecular complexity index is 877. The molecule has 3 rings (SSSR count). The summed E-state index contributed by atoms with van der Waals surface area (Å²) in [6.07, 6.45) is 0. The van der Waals surface area contributed by atoms with Crippen molar-refractivity contribution in [2.75, 3.05) is 11.9 Å². The lowest BCUT2D eigenvalue weighted by molar-refractivity contribution is 0.306. The molecule has 0 radical (unpaired) electrons. The van der Waals surface area contributed by atoms with Crippen molar-refractivity contribution in [3.05, 3.63) is 95.6 Å². The van der Waals surface area contributed by atoms with Crippen molar-refractivity contribution in [1.82, 2.24) is 4.90 Å². The predicted octanol–water partition coefficient (Wildman–Crippen LogP) is 5.79. The third-order valence-electron chi connectivity index (χ3n) is 4.52. The molecule has 0 atom stereocenters. The van der Waals surface area contributed by atoms with Gasteiger partial charge in [0.15, 0.2) is 5.11 Å². The van der Waals surface area contributed by atoms with Gasteiger partial charge in [-0.1, -0.05) is 60.2 Å². The average molecular weight is 391 g/mol. The molecule has 0 spiro atoms. The normalized spacial score (nSPS) is 10.4. The lowest BCUT2D eigenvalue weighted by Crippen LogP contribution is -2.34. The molecule has 0 saturated carbocycles. The highest BCUT2D eigenvalue weighted by Crippen LogP contribution is 2.16. The summed E-state index contributed by atoms with van der Waals surface area (Å²) >= 11 is 5.60. The zero-order chi connectivity index (χ0) is 19.8. The Morgan fingerprint density at radius 1 is 0.893 bits per heavy atom. The second kappa shape index (κ2) is 9.90. The summed E-state index contributed by atoms with van der Waals surface area (Å²) in [5.74, 6) is 0.871. The van der Waals surface area contributed by atoms with Gasteiger partial charge in [-0.2, -0.15) is 0 Å². The first-order valence-corrected chi connectivity index (χ1v) is 9.93. The number of hydrogen-bond donors (Lipinski definition) is 1. The van der Waals surface area contributed by atoms with Gasteiger partial charge in [0.2, 0.25) is 0 Å². The lowest BCUT2D eigenvalue weighted by atomic mass is 10.2. The van der Waals surface area contributed by atoms with Crippen LogP contribution in [0.5, 0.6) is 5.75 Å². The van der Waals surface area contributed by atoms with Crippen LogP contribution in [0.1, 0.15) is 23.6 Å².